The lowest BCUT2D eigenvalue weighted by molar-refractivity contribution is 0.141. The highest BCUT2D eigenvalue weighted by molar-refractivity contribution is 7.98. The van der Waals surface area contributed by atoms with Crippen molar-refractivity contribution < 1.29 is 5.11 Å². The molecule has 0 unspecified atom stereocenters. The lowest BCUT2D eigenvalue weighted by Gasteiger charge is -2.37. The number of aliphatic hydroxyl groups is 1. The van der Waals surface area contributed by atoms with Crippen molar-refractivity contribution in [1.82, 2.24) is 4.98 Å². The Balaban J connectivity index is 2.28. The summed E-state index contributed by atoms with van der Waals surface area (Å²) in [6, 6.07) is 3.97. The first-order valence-electron chi connectivity index (χ1n) is 4.61. The van der Waals surface area contributed by atoms with Crippen molar-refractivity contribution in [2.45, 2.75) is 11.0 Å². The molecule has 1 aliphatic heterocycles. The Morgan fingerprint density at radius 2 is 2.40 bits per heavy atom. The predicted octanol–water partition coefficient (Wildman–Crippen LogP) is 0.856. The number of nitriles is 1. The van der Waals surface area contributed by atoms with Crippen LogP contribution in [0.25, 0.3) is 0 Å². The molecule has 0 aromatic carbocycles. The summed E-state index contributed by atoms with van der Waals surface area (Å²) in [7, 11) is 0. The van der Waals surface area contributed by atoms with Gasteiger partial charge in [0, 0.05) is 24.2 Å². The van der Waals surface area contributed by atoms with Gasteiger partial charge < -0.3 is 10.0 Å². The van der Waals surface area contributed by atoms with Gasteiger partial charge in [-0.1, -0.05) is 0 Å². The van der Waals surface area contributed by atoms with Gasteiger partial charge in [-0.2, -0.15) is 5.26 Å². The van der Waals surface area contributed by atoms with E-state index in [4.69, 9.17) is 5.26 Å². The number of thioether (sulfide) groups is 1. The number of hydrogen-bond donors (Lipinski definition) is 1. The lowest BCUT2D eigenvalue weighted by atomic mass is 10.1. The molecule has 78 valence electrons. The molecule has 4 nitrogen and oxygen atoms in total. The molecule has 0 saturated carbocycles. The Morgan fingerprint density at radius 3 is 2.93 bits per heavy atom. The first-order chi connectivity index (χ1) is 7.24. The number of aliphatic hydroxyl groups excluding tert-OH is 1. The second-order valence-electron chi connectivity index (χ2n) is 3.42. The number of pyridine rings is 1. The molecule has 0 radical (unpaired) electrons. The summed E-state index contributed by atoms with van der Waals surface area (Å²) in [5.41, 5.74) is 0.578. The second-order valence-corrected chi connectivity index (χ2v) is 4.30. The van der Waals surface area contributed by atoms with Crippen molar-refractivity contribution >= 4 is 17.6 Å². The van der Waals surface area contributed by atoms with Crippen molar-refractivity contribution in [3.8, 4) is 6.07 Å². The summed E-state index contributed by atoms with van der Waals surface area (Å²) in [4.78, 5) is 7.14. The maximum atomic E-state index is 9.19. The van der Waals surface area contributed by atoms with Gasteiger partial charge in [0.25, 0.3) is 0 Å². The molecule has 1 saturated heterocycles. The molecule has 0 amide bonds. The molecule has 5 heteroatoms. The largest absolute Gasteiger partial charge is 0.389 e. The van der Waals surface area contributed by atoms with Crippen LogP contribution in [-0.4, -0.2) is 35.5 Å². The minimum absolute atomic E-state index is 0.279. The Morgan fingerprint density at radius 1 is 1.67 bits per heavy atom. The van der Waals surface area contributed by atoms with Gasteiger partial charge in [0.15, 0.2) is 0 Å². The minimum atomic E-state index is -0.279. The normalized spacial score (nSPS) is 15.9. The van der Waals surface area contributed by atoms with E-state index in [1.807, 2.05) is 17.2 Å². The zero-order chi connectivity index (χ0) is 10.8. The highest BCUT2D eigenvalue weighted by Gasteiger charge is 2.27. The monoisotopic (exact) mass is 221 g/mol. The molecule has 0 spiro atoms. The summed E-state index contributed by atoms with van der Waals surface area (Å²) >= 11 is 1.56. The molecular formula is C10H11N3OS. The van der Waals surface area contributed by atoms with Crippen LogP contribution in [-0.2, 0) is 0 Å². The van der Waals surface area contributed by atoms with Gasteiger partial charge in [0.05, 0.1) is 11.7 Å². The first-order valence-corrected chi connectivity index (χ1v) is 5.84. The van der Waals surface area contributed by atoms with Crippen molar-refractivity contribution in [1.29, 1.82) is 5.26 Å². The molecule has 1 aliphatic rings. The third-order valence-corrected chi connectivity index (χ3v) is 3.05. The number of β-amino-alcohol motifs (C(OH)–C–C–N with tert-alkyl or cyclic N) is 1. The van der Waals surface area contributed by atoms with Gasteiger partial charge in [-0.05, 0) is 12.3 Å². The summed E-state index contributed by atoms with van der Waals surface area (Å²) in [6.45, 7) is 1.14. The SMILES string of the molecule is CSc1cnc(N2CC(O)C2)c(C#N)c1. The van der Waals surface area contributed by atoms with Crippen LogP contribution in [0.3, 0.4) is 0 Å². The van der Waals surface area contributed by atoms with Crippen LogP contribution in [0.5, 0.6) is 0 Å². The van der Waals surface area contributed by atoms with Crippen LogP contribution < -0.4 is 4.90 Å². The highest BCUT2D eigenvalue weighted by Crippen LogP contribution is 2.25. The van der Waals surface area contributed by atoms with Gasteiger partial charge in [-0.15, -0.1) is 11.8 Å². The molecule has 2 rings (SSSR count). The zero-order valence-corrected chi connectivity index (χ0v) is 9.16. The maximum Gasteiger partial charge on any atom is 0.146 e. The summed E-state index contributed by atoms with van der Waals surface area (Å²) in [5.74, 6) is 0.681. The standard InChI is InChI=1S/C10H11N3OS/c1-15-9-2-7(3-11)10(12-4-9)13-5-8(14)6-13/h2,4,8,14H,5-6H2,1H3. The Bertz CT molecular complexity index is 410. The summed E-state index contributed by atoms with van der Waals surface area (Å²) in [6.07, 6.45) is 3.43. The quantitative estimate of drug-likeness (QED) is 0.750. The number of hydrogen-bond acceptors (Lipinski definition) is 5. The van der Waals surface area contributed by atoms with E-state index in [1.54, 1.807) is 18.0 Å². The topological polar surface area (TPSA) is 60.1 Å². The van der Waals surface area contributed by atoms with Crippen LogP contribution in [0.1, 0.15) is 5.56 Å². The van der Waals surface area contributed by atoms with Crippen LogP contribution in [0.15, 0.2) is 17.2 Å². The molecular weight excluding hydrogens is 210 g/mol. The van der Waals surface area contributed by atoms with E-state index < -0.39 is 0 Å². The number of rotatable bonds is 2. The molecule has 1 N–H and O–H groups in total. The van der Waals surface area contributed by atoms with E-state index in [9.17, 15) is 5.11 Å². The molecule has 1 fully saturated rings. The molecule has 0 aliphatic carbocycles. The smallest absolute Gasteiger partial charge is 0.146 e. The Hall–Kier alpha value is -1.25. The van der Waals surface area contributed by atoms with E-state index in [0.29, 0.717) is 24.5 Å². The van der Waals surface area contributed by atoms with Crippen molar-refractivity contribution in [2.75, 3.05) is 24.2 Å². The lowest BCUT2D eigenvalue weighted by Crippen LogP contribution is -2.51. The fraction of sp³-hybridized carbons (Fsp3) is 0.400. The van der Waals surface area contributed by atoms with E-state index in [-0.39, 0.29) is 6.10 Å². The Labute approximate surface area is 92.5 Å². The van der Waals surface area contributed by atoms with Crippen molar-refractivity contribution in [2.24, 2.45) is 0 Å². The molecule has 1 aromatic rings. The Kier molecular flexibility index (Phi) is 2.80. The van der Waals surface area contributed by atoms with Crippen molar-refractivity contribution in [3.05, 3.63) is 17.8 Å². The van der Waals surface area contributed by atoms with Gasteiger partial charge >= 0.3 is 0 Å². The van der Waals surface area contributed by atoms with E-state index in [1.165, 1.54) is 0 Å². The van der Waals surface area contributed by atoms with Gasteiger partial charge in [0.1, 0.15) is 11.9 Å². The van der Waals surface area contributed by atoms with E-state index in [2.05, 4.69) is 11.1 Å². The van der Waals surface area contributed by atoms with Gasteiger partial charge in [-0.3, -0.25) is 0 Å². The van der Waals surface area contributed by atoms with E-state index >= 15 is 0 Å². The second kappa shape index (κ2) is 4.09. The maximum absolute atomic E-state index is 9.19. The molecule has 15 heavy (non-hydrogen) atoms. The van der Waals surface area contributed by atoms with Gasteiger partial charge in [0.2, 0.25) is 0 Å². The third-order valence-electron chi connectivity index (χ3n) is 2.36. The highest BCUT2D eigenvalue weighted by atomic mass is 32.2. The minimum Gasteiger partial charge on any atom is -0.389 e. The third kappa shape index (κ3) is 1.91. The molecule has 0 bridgehead atoms. The first kappa shape index (κ1) is 10.3. The molecule has 0 atom stereocenters. The average molecular weight is 221 g/mol. The van der Waals surface area contributed by atoms with Gasteiger partial charge in [-0.25, -0.2) is 4.98 Å². The van der Waals surface area contributed by atoms with Crippen LogP contribution in [0.4, 0.5) is 5.82 Å². The zero-order valence-electron chi connectivity index (χ0n) is 8.34. The predicted molar refractivity (Wildman–Crippen MR) is 59.0 cm³/mol. The van der Waals surface area contributed by atoms with Crippen LogP contribution in [0.2, 0.25) is 0 Å². The summed E-state index contributed by atoms with van der Waals surface area (Å²) in [5, 5.41) is 18.2. The van der Waals surface area contributed by atoms with Crippen LogP contribution in [0, 0.1) is 11.3 Å². The fourth-order valence-electron chi connectivity index (χ4n) is 1.51. The molecule has 2 heterocycles. The van der Waals surface area contributed by atoms with Crippen molar-refractivity contribution in [3.63, 3.8) is 0 Å². The number of anilines is 1. The van der Waals surface area contributed by atoms with Crippen LogP contribution >= 0.6 is 11.8 Å². The number of aromatic nitrogens is 1. The molecule has 1 aromatic heterocycles. The van der Waals surface area contributed by atoms with E-state index in [0.717, 1.165) is 4.90 Å². The summed E-state index contributed by atoms with van der Waals surface area (Å²) < 4.78 is 0. The number of nitrogens with zero attached hydrogens (tertiary/aromatic N) is 3. The fourth-order valence-corrected chi connectivity index (χ4v) is 1.91. The average Bonchev–Trinajstić information content (AvgIpc) is 2.24.